The fraction of sp³-hybridized carbons (Fsp3) is 0.389. The Hall–Kier alpha value is -3.43. The molecule has 0 spiro atoms. The Morgan fingerprint density at radius 1 is 1.21 bits per heavy atom. The van der Waals surface area contributed by atoms with Crippen LogP contribution in [0.5, 0.6) is 0 Å². The quantitative estimate of drug-likeness (QED) is 0.463. The van der Waals surface area contributed by atoms with Crippen LogP contribution in [-0.4, -0.2) is 53.9 Å². The van der Waals surface area contributed by atoms with E-state index in [-0.39, 0.29) is 6.04 Å². The molecule has 0 aromatic heterocycles. The SMILES string of the molecule is C[C@]1(c2ccccc2)NC(=O)N(CC(=O)OCC(=O)NC(=O)NC2CC2)C1=O. The minimum absolute atomic E-state index is 0.0777. The third kappa shape index (κ3) is 4.27. The highest BCUT2D eigenvalue weighted by Gasteiger charge is 2.49. The highest BCUT2D eigenvalue weighted by molar-refractivity contribution is 6.09. The summed E-state index contributed by atoms with van der Waals surface area (Å²) >= 11 is 0. The summed E-state index contributed by atoms with van der Waals surface area (Å²) < 4.78 is 4.75. The third-order valence-electron chi connectivity index (χ3n) is 4.44. The van der Waals surface area contributed by atoms with Crippen LogP contribution in [0, 0.1) is 0 Å². The lowest BCUT2D eigenvalue weighted by atomic mass is 9.92. The molecule has 1 aromatic rings. The standard InChI is InChI=1S/C18H20N4O6/c1-18(11-5-3-2-4-6-11)15(25)22(17(27)21-18)9-14(24)28-10-13(23)20-16(26)19-12-7-8-12/h2-6,12H,7-10H2,1H3,(H,21,27)(H2,19,20,23,26)/t18-/m1/s1. The molecule has 1 aromatic carbocycles. The van der Waals surface area contributed by atoms with Gasteiger partial charge in [-0.15, -0.1) is 0 Å². The molecule has 2 fully saturated rings. The number of benzene rings is 1. The fourth-order valence-electron chi connectivity index (χ4n) is 2.74. The molecule has 3 rings (SSSR count). The average molecular weight is 388 g/mol. The molecule has 28 heavy (non-hydrogen) atoms. The molecule has 6 amide bonds. The van der Waals surface area contributed by atoms with Gasteiger partial charge in [-0.05, 0) is 25.3 Å². The summed E-state index contributed by atoms with van der Waals surface area (Å²) in [6, 6.07) is 7.31. The number of hydrogen-bond donors (Lipinski definition) is 3. The topological polar surface area (TPSA) is 134 Å². The Morgan fingerprint density at radius 2 is 1.89 bits per heavy atom. The van der Waals surface area contributed by atoms with Crippen LogP contribution in [0.4, 0.5) is 9.59 Å². The first-order valence-electron chi connectivity index (χ1n) is 8.75. The summed E-state index contributed by atoms with van der Waals surface area (Å²) in [5.41, 5.74) is -0.720. The smallest absolute Gasteiger partial charge is 0.326 e. The van der Waals surface area contributed by atoms with Gasteiger partial charge in [-0.1, -0.05) is 30.3 Å². The molecule has 0 unspecified atom stereocenters. The second-order valence-corrected chi connectivity index (χ2v) is 6.77. The number of carbonyl (C=O) groups is 5. The number of ether oxygens (including phenoxy) is 1. The number of nitrogens with zero attached hydrogens (tertiary/aromatic N) is 1. The van der Waals surface area contributed by atoms with E-state index in [0.29, 0.717) is 5.56 Å². The second-order valence-electron chi connectivity index (χ2n) is 6.77. The summed E-state index contributed by atoms with van der Waals surface area (Å²) in [5.74, 6) is -2.36. The molecular formula is C18H20N4O6. The number of nitrogens with one attached hydrogen (secondary N) is 3. The van der Waals surface area contributed by atoms with Gasteiger partial charge in [0.2, 0.25) is 0 Å². The predicted molar refractivity (Wildman–Crippen MR) is 94.7 cm³/mol. The van der Waals surface area contributed by atoms with Crippen molar-refractivity contribution >= 4 is 29.8 Å². The zero-order chi connectivity index (χ0) is 20.3. The molecule has 3 N–H and O–H groups in total. The molecule has 1 aliphatic carbocycles. The van der Waals surface area contributed by atoms with Crippen LogP contribution in [0.2, 0.25) is 0 Å². The Morgan fingerprint density at radius 3 is 2.54 bits per heavy atom. The van der Waals surface area contributed by atoms with E-state index >= 15 is 0 Å². The van der Waals surface area contributed by atoms with Crippen LogP contribution >= 0.6 is 0 Å². The molecule has 0 radical (unpaired) electrons. The number of carbonyl (C=O) groups excluding carboxylic acids is 5. The van der Waals surface area contributed by atoms with Gasteiger partial charge in [0.05, 0.1) is 0 Å². The first-order valence-corrected chi connectivity index (χ1v) is 8.75. The summed E-state index contributed by atoms with van der Waals surface area (Å²) in [7, 11) is 0. The van der Waals surface area contributed by atoms with Gasteiger partial charge in [0, 0.05) is 6.04 Å². The zero-order valence-electron chi connectivity index (χ0n) is 15.2. The highest BCUT2D eigenvalue weighted by Crippen LogP contribution is 2.28. The lowest BCUT2D eigenvalue weighted by molar-refractivity contribution is -0.150. The third-order valence-corrected chi connectivity index (χ3v) is 4.44. The van der Waals surface area contributed by atoms with Crippen LogP contribution in [0.15, 0.2) is 30.3 Å². The van der Waals surface area contributed by atoms with Crippen LogP contribution in [-0.2, 0) is 24.7 Å². The minimum atomic E-state index is -1.29. The molecule has 2 aliphatic rings. The summed E-state index contributed by atoms with van der Waals surface area (Å²) in [5, 5.41) is 7.14. The van der Waals surface area contributed by atoms with Gasteiger partial charge in [-0.2, -0.15) is 0 Å². The van der Waals surface area contributed by atoms with Crippen LogP contribution in [0.25, 0.3) is 0 Å². The average Bonchev–Trinajstić information content (AvgIpc) is 3.44. The maximum absolute atomic E-state index is 12.7. The summed E-state index contributed by atoms with van der Waals surface area (Å²) in [6.07, 6.45) is 1.73. The molecule has 1 heterocycles. The van der Waals surface area contributed by atoms with Gasteiger partial charge in [-0.25, -0.2) is 9.59 Å². The molecule has 1 saturated carbocycles. The van der Waals surface area contributed by atoms with Gasteiger partial charge in [0.1, 0.15) is 12.1 Å². The maximum atomic E-state index is 12.7. The molecule has 1 aliphatic heterocycles. The van der Waals surface area contributed by atoms with Crippen molar-refractivity contribution in [2.45, 2.75) is 31.3 Å². The van der Waals surface area contributed by atoms with E-state index in [0.717, 1.165) is 17.7 Å². The van der Waals surface area contributed by atoms with E-state index in [2.05, 4.69) is 10.6 Å². The van der Waals surface area contributed by atoms with Crippen molar-refractivity contribution in [1.82, 2.24) is 20.9 Å². The van der Waals surface area contributed by atoms with E-state index < -0.39 is 48.5 Å². The van der Waals surface area contributed by atoms with E-state index in [4.69, 9.17) is 4.74 Å². The van der Waals surface area contributed by atoms with Crippen molar-refractivity contribution in [3.8, 4) is 0 Å². The fourth-order valence-corrected chi connectivity index (χ4v) is 2.74. The van der Waals surface area contributed by atoms with E-state index in [1.54, 1.807) is 37.3 Å². The van der Waals surface area contributed by atoms with Gasteiger partial charge in [0.15, 0.2) is 6.61 Å². The Bertz CT molecular complexity index is 823. The minimum Gasteiger partial charge on any atom is -0.454 e. The highest BCUT2D eigenvalue weighted by atomic mass is 16.5. The largest absolute Gasteiger partial charge is 0.454 e. The van der Waals surface area contributed by atoms with Crippen molar-refractivity contribution in [2.75, 3.05) is 13.2 Å². The maximum Gasteiger partial charge on any atom is 0.326 e. The van der Waals surface area contributed by atoms with Crippen molar-refractivity contribution in [3.05, 3.63) is 35.9 Å². The van der Waals surface area contributed by atoms with Crippen LogP contribution < -0.4 is 16.0 Å². The van der Waals surface area contributed by atoms with Gasteiger partial charge in [-0.3, -0.25) is 24.6 Å². The predicted octanol–water partition coefficient (Wildman–Crippen LogP) is -0.0150. The van der Waals surface area contributed by atoms with Crippen molar-refractivity contribution in [3.63, 3.8) is 0 Å². The Balaban J connectivity index is 1.51. The molecule has 10 nitrogen and oxygen atoms in total. The molecule has 1 atom stereocenters. The van der Waals surface area contributed by atoms with Crippen LogP contribution in [0.3, 0.4) is 0 Å². The Labute approximate surface area is 160 Å². The molecular weight excluding hydrogens is 368 g/mol. The number of amides is 6. The van der Waals surface area contributed by atoms with E-state index in [9.17, 15) is 24.0 Å². The van der Waals surface area contributed by atoms with E-state index in [1.165, 1.54) is 0 Å². The van der Waals surface area contributed by atoms with E-state index in [1.807, 2.05) is 5.32 Å². The summed E-state index contributed by atoms with van der Waals surface area (Å²) in [6.45, 7) is 0.199. The normalized spacial score (nSPS) is 21.1. The number of urea groups is 2. The van der Waals surface area contributed by atoms with Crippen molar-refractivity contribution in [2.24, 2.45) is 0 Å². The number of hydrogen-bond acceptors (Lipinski definition) is 6. The molecule has 0 bridgehead atoms. The first-order chi connectivity index (χ1) is 13.3. The number of rotatable bonds is 6. The van der Waals surface area contributed by atoms with Crippen molar-refractivity contribution < 1.29 is 28.7 Å². The molecule has 148 valence electrons. The second kappa shape index (κ2) is 7.67. The summed E-state index contributed by atoms with van der Waals surface area (Å²) in [4.78, 5) is 60.5. The zero-order valence-corrected chi connectivity index (χ0v) is 15.2. The van der Waals surface area contributed by atoms with Gasteiger partial charge < -0.3 is 15.4 Å². The van der Waals surface area contributed by atoms with Crippen molar-refractivity contribution in [1.29, 1.82) is 0 Å². The van der Waals surface area contributed by atoms with Gasteiger partial charge >= 0.3 is 18.0 Å². The lowest BCUT2D eigenvalue weighted by Gasteiger charge is -2.21. The number of imide groups is 2. The molecule has 10 heteroatoms. The van der Waals surface area contributed by atoms with Crippen LogP contribution in [0.1, 0.15) is 25.3 Å². The number of esters is 1. The lowest BCUT2D eigenvalue weighted by Crippen LogP contribution is -2.43. The Kier molecular flexibility index (Phi) is 5.30. The first kappa shape index (κ1) is 19.3. The monoisotopic (exact) mass is 388 g/mol. The van der Waals surface area contributed by atoms with Gasteiger partial charge in [0.25, 0.3) is 11.8 Å². The molecule has 1 saturated heterocycles.